The smallest absolute Gasteiger partial charge is 0.136 e. The summed E-state index contributed by atoms with van der Waals surface area (Å²) in [5.41, 5.74) is 10.7. The van der Waals surface area contributed by atoms with Crippen molar-refractivity contribution in [3.8, 4) is 22.6 Å². The average Bonchev–Trinajstić information content (AvgIpc) is 3.16. The fourth-order valence-electron chi connectivity index (χ4n) is 7.59. The van der Waals surface area contributed by atoms with Crippen LogP contribution in [0.25, 0.3) is 49.0 Å². The van der Waals surface area contributed by atoms with Crippen LogP contribution in [0, 0.1) is 0 Å². The minimum Gasteiger partial charge on any atom is -0.456 e. The zero-order valence-corrected chi connectivity index (χ0v) is 27.7. The molecule has 9 rings (SSSR count). The number of aryl methyl sites for hydroxylation is 1. The molecule has 8 aromatic rings. The predicted molar refractivity (Wildman–Crippen MR) is 208 cm³/mol. The number of para-hydroxylation sites is 1. The Kier molecular flexibility index (Phi) is 7.02. The van der Waals surface area contributed by atoms with Gasteiger partial charge >= 0.3 is 0 Å². The molecule has 0 aromatic heterocycles. The van der Waals surface area contributed by atoms with E-state index in [0.717, 1.165) is 40.5 Å². The van der Waals surface area contributed by atoms with Crippen molar-refractivity contribution in [3.63, 3.8) is 0 Å². The molecule has 8 aromatic carbocycles. The largest absolute Gasteiger partial charge is 0.456 e. The standard InChI is InChI=1S/C47H35NO/c1-3-41-43-17-11-10-14-37(43)30-46-47(41)42(4-2)44-29-36(22-25-45(44)49-46)33-18-19-35-28-40(24-21-34(35)26-33)48(38-15-6-5-7-16-38)39-23-20-31-12-8-9-13-32(31)27-39/h4-30H,3H2,1-2H3/b42-4-. The molecular weight excluding hydrogens is 595 g/mol. The van der Waals surface area contributed by atoms with Crippen molar-refractivity contribution in [1.29, 1.82) is 0 Å². The van der Waals surface area contributed by atoms with Gasteiger partial charge in [-0.1, -0.05) is 110 Å². The minimum absolute atomic E-state index is 0.904. The number of hydrogen-bond donors (Lipinski definition) is 0. The second kappa shape index (κ2) is 11.8. The molecule has 1 aliphatic rings. The summed E-state index contributed by atoms with van der Waals surface area (Å²) in [6.45, 7) is 4.38. The van der Waals surface area contributed by atoms with Gasteiger partial charge in [-0.05, 0) is 129 Å². The monoisotopic (exact) mass is 629 g/mol. The number of hydrogen-bond acceptors (Lipinski definition) is 2. The molecule has 0 spiro atoms. The Morgan fingerprint density at radius 3 is 1.90 bits per heavy atom. The summed E-state index contributed by atoms with van der Waals surface area (Å²) in [5.74, 6) is 1.85. The summed E-state index contributed by atoms with van der Waals surface area (Å²) in [7, 11) is 0. The van der Waals surface area contributed by atoms with Crippen LogP contribution in [0.5, 0.6) is 11.5 Å². The zero-order valence-electron chi connectivity index (χ0n) is 27.7. The van der Waals surface area contributed by atoms with Gasteiger partial charge in [-0.2, -0.15) is 0 Å². The molecule has 0 amide bonds. The van der Waals surface area contributed by atoms with Crippen LogP contribution in [0.1, 0.15) is 30.5 Å². The number of rotatable bonds is 5. The van der Waals surface area contributed by atoms with Crippen molar-refractivity contribution in [2.24, 2.45) is 0 Å². The summed E-state index contributed by atoms with van der Waals surface area (Å²) in [6.07, 6.45) is 3.18. The number of anilines is 3. The molecule has 0 fully saturated rings. The summed E-state index contributed by atoms with van der Waals surface area (Å²) >= 11 is 0. The molecule has 0 saturated heterocycles. The predicted octanol–water partition coefficient (Wildman–Crippen LogP) is 13.4. The molecular formula is C47H35NO. The van der Waals surface area contributed by atoms with Crippen LogP contribution in [0.2, 0.25) is 0 Å². The number of allylic oxidation sites excluding steroid dienone is 1. The maximum absolute atomic E-state index is 6.61. The maximum Gasteiger partial charge on any atom is 0.136 e. The van der Waals surface area contributed by atoms with Gasteiger partial charge in [0.15, 0.2) is 0 Å². The van der Waals surface area contributed by atoms with Crippen LogP contribution in [0.15, 0.2) is 164 Å². The van der Waals surface area contributed by atoms with Crippen molar-refractivity contribution < 1.29 is 4.74 Å². The van der Waals surface area contributed by atoms with E-state index < -0.39 is 0 Å². The van der Waals surface area contributed by atoms with E-state index in [0.29, 0.717) is 0 Å². The van der Waals surface area contributed by atoms with Crippen LogP contribution < -0.4 is 9.64 Å². The Hall–Kier alpha value is -6.12. The summed E-state index contributed by atoms with van der Waals surface area (Å²) in [6, 6.07) is 56.9. The quantitative estimate of drug-likeness (QED) is 0.188. The second-order valence-corrected chi connectivity index (χ2v) is 12.8. The van der Waals surface area contributed by atoms with Crippen LogP contribution >= 0.6 is 0 Å². The highest BCUT2D eigenvalue weighted by Crippen LogP contribution is 2.48. The highest BCUT2D eigenvalue weighted by atomic mass is 16.5. The lowest BCUT2D eigenvalue weighted by atomic mass is 9.85. The lowest BCUT2D eigenvalue weighted by Crippen LogP contribution is -2.09. The van der Waals surface area contributed by atoms with E-state index in [1.54, 1.807) is 0 Å². The van der Waals surface area contributed by atoms with Gasteiger partial charge in [0.1, 0.15) is 11.5 Å². The fourth-order valence-corrected chi connectivity index (χ4v) is 7.59. The Morgan fingerprint density at radius 2 is 1.12 bits per heavy atom. The van der Waals surface area contributed by atoms with Crippen LogP contribution in [-0.2, 0) is 6.42 Å². The van der Waals surface area contributed by atoms with Crippen LogP contribution in [-0.4, -0.2) is 0 Å². The first-order chi connectivity index (χ1) is 24.2. The Morgan fingerprint density at radius 1 is 0.510 bits per heavy atom. The summed E-state index contributed by atoms with van der Waals surface area (Å²) in [5, 5.41) is 7.39. The topological polar surface area (TPSA) is 12.5 Å². The van der Waals surface area contributed by atoms with E-state index in [1.165, 1.54) is 60.1 Å². The number of nitrogens with zero attached hydrogens (tertiary/aromatic N) is 1. The van der Waals surface area contributed by atoms with Crippen molar-refractivity contribution in [2.75, 3.05) is 4.90 Å². The molecule has 1 heterocycles. The van der Waals surface area contributed by atoms with Crippen molar-refractivity contribution in [2.45, 2.75) is 20.3 Å². The normalized spacial score (nSPS) is 13.0. The van der Waals surface area contributed by atoms with Gasteiger partial charge < -0.3 is 9.64 Å². The van der Waals surface area contributed by atoms with E-state index in [2.05, 4.69) is 183 Å². The second-order valence-electron chi connectivity index (χ2n) is 12.8. The van der Waals surface area contributed by atoms with E-state index in [1.807, 2.05) is 0 Å². The molecule has 49 heavy (non-hydrogen) atoms. The summed E-state index contributed by atoms with van der Waals surface area (Å²) < 4.78 is 6.61. The van der Waals surface area contributed by atoms with Crippen molar-refractivity contribution in [1.82, 2.24) is 0 Å². The van der Waals surface area contributed by atoms with E-state index in [-0.39, 0.29) is 0 Å². The molecule has 0 radical (unpaired) electrons. The third-order valence-electron chi connectivity index (χ3n) is 9.94. The number of ether oxygens (including phenoxy) is 1. The fraction of sp³-hybridized carbons (Fsp3) is 0.0638. The lowest BCUT2D eigenvalue weighted by Gasteiger charge is -2.27. The van der Waals surface area contributed by atoms with E-state index >= 15 is 0 Å². The lowest BCUT2D eigenvalue weighted by molar-refractivity contribution is 0.474. The van der Waals surface area contributed by atoms with Crippen LogP contribution in [0.4, 0.5) is 17.1 Å². The molecule has 234 valence electrons. The number of benzene rings is 8. The molecule has 2 nitrogen and oxygen atoms in total. The van der Waals surface area contributed by atoms with Crippen molar-refractivity contribution >= 4 is 55.0 Å². The van der Waals surface area contributed by atoms with Gasteiger partial charge in [0.05, 0.1) is 0 Å². The van der Waals surface area contributed by atoms with E-state index in [4.69, 9.17) is 4.74 Å². The molecule has 0 saturated carbocycles. The van der Waals surface area contributed by atoms with Gasteiger partial charge in [0, 0.05) is 28.2 Å². The average molecular weight is 630 g/mol. The molecule has 0 atom stereocenters. The minimum atomic E-state index is 0.904. The maximum atomic E-state index is 6.61. The van der Waals surface area contributed by atoms with E-state index in [9.17, 15) is 0 Å². The van der Waals surface area contributed by atoms with Crippen molar-refractivity contribution in [3.05, 3.63) is 180 Å². The van der Waals surface area contributed by atoms with Gasteiger partial charge in [0.25, 0.3) is 0 Å². The Balaban J connectivity index is 1.10. The van der Waals surface area contributed by atoms with Gasteiger partial charge in [-0.3, -0.25) is 0 Å². The van der Waals surface area contributed by atoms with Gasteiger partial charge in [-0.15, -0.1) is 0 Å². The molecule has 2 heteroatoms. The molecule has 0 N–H and O–H groups in total. The zero-order chi connectivity index (χ0) is 32.9. The number of fused-ring (bicyclic) bond motifs is 5. The first-order valence-electron chi connectivity index (χ1n) is 17.1. The third kappa shape index (κ3) is 4.96. The first-order valence-corrected chi connectivity index (χ1v) is 17.1. The molecule has 0 unspecified atom stereocenters. The van der Waals surface area contributed by atoms with Crippen LogP contribution in [0.3, 0.4) is 0 Å². The summed E-state index contributed by atoms with van der Waals surface area (Å²) in [4.78, 5) is 2.34. The molecule has 0 bridgehead atoms. The Bertz CT molecular complexity index is 2580. The third-order valence-corrected chi connectivity index (χ3v) is 9.94. The highest BCUT2D eigenvalue weighted by Gasteiger charge is 2.26. The SMILES string of the molecule is C/C=C1/c2cc(-c3ccc4cc(N(c5ccccc5)c5ccc6ccccc6c5)ccc4c3)ccc2Oc2cc3ccccc3c(CC)c21. The highest BCUT2D eigenvalue weighted by molar-refractivity contribution is 6.00. The van der Waals surface area contributed by atoms with Gasteiger partial charge in [0.2, 0.25) is 0 Å². The Labute approximate surface area is 287 Å². The molecule has 0 aliphatic carbocycles. The first kappa shape index (κ1) is 29.1. The molecule has 1 aliphatic heterocycles. The van der Waals surface area contributed by atoms with Gasteiger partial charge in [-0.25, -0.2) is 0 Å².